The molecule has 0 saturated carbocycles. The largest absolute Gasteiger partial charge is 0.392 e. The van der Waals surface area contributed by atoms with Gasteiger partial charge in [0.2, 0.25) is 0 Å². The molecule has 1 N–H and O–H groups in total. The number of aromatic nitrogens is 1. The first-order valence-corrected chi connectivity index (χ1v) is 4.73. The Bertz CT molecular complexity index is 271. The minimum atomic E-state index is -2.57. The highest BCUT2D eigenvalue weighted by Crippen LogP contribution is 2.27. The summed E-state index contributed by atoms with van der Waals surface area (Å²) in [4.78, 5) is 3.75. The van der Waals surface area contributed by atoms with Gasteiger partial charge in [-0.05, 0) is 5.56 Å². The third-order valence-corrected chi connectivity index (χ3v) is 2.29. The molecule has 1 aromatic rings. The number of pyridine rings is 1. The van der Waals surface area contributed by atoms with Gasteiger partial charge in [-0.1, -0.05) is 15.9 Å². The minimum absolute atomic E-state index is 0.116. The zero-order valence-electron chi connectivity index (χ0n) is 6.67. The number of alkyl halides is 3. The third-order valence-electron chi connectivity index (χ3n) is 1.69. The molecule has 0 unspecified atom stereocenters. The van der Waals surface area contributed by atoms with Crippen LogP contribution in [0.3, 0.4) is 0 Å². The predicted molar refractivity (Wildman–Crippen MR) is 47.7 cm³/mol. The monoisotopic (exact) mass is 251 g/mol. The Hall–Kier alpha value is -0.550. The van der Waals surface area contributed by atoms with Crippen LogP contribution in [0.25, 0.3) is 0 Å². The van der Waals surface area contributed by atoms with Crippen LogP contribution in [0.2, 0.25) is 0 Å². The van der Waals surface area contributed by atoms with Gasteiger partial charge in [0, 0.05) is 28.9 Å². The first-order valence-electron chi connectivity index (χ1n) is 3.61. The Balaban J connectivity index is 3.21. The highest BCUT2D eigenvalue weighted by Gasteiger charge is 2.16. The topological polar surface area (TPSA) is 33.1 Å². The molecule has 72 valence electrons. The summed E-state index contributed by atoms with van der Waals surface area (Å²) in [6.07, 6.45) is 0.0565. The zero-order valence-corrected chi connectivity index (χ0v) is 8.26. The quantitative estimate of drug-likeness (QED) is 0.838. The molecule has 2 nitrogen and oxygen atoms in total. The molecule has 1 rings (SSSR count). The van der Waals surface area contributed by atoms with Crippen LogP contribution in [-0.2, 0) is 11.9 Å². The smallest absolute Gasteiger partial charge is 0.264 e. The lowest BCUT2D eigenvalue weighted by molar-refractivity contribution is 0.146. The van der Waals surface area contributed by atoms with E-state index in [1.165, 1.54) is 12.4 Å². The van der Waals surface area contributed by atoms with Crippen molar-refractivity contribution in [3.63, 3.8) is 0 Å². The minimum Gasteiger partial charge on any atom is -0.392 e. The standard InChI is InChI=1S/C8H8BrF2NO/c9-1-5-2-12-3-6(4-13)7(5)8(10)11/h2-3,8,13H,1,4H2. The van der Waals surface area contributed by atoms with Crippen LogP contribution in [0.4, 0.5) is 8.78 Å². The molecule has 0 aliphatic carbocycles. The fraction of sp³-hybridized carbons (Fsp3) is 0.375. The van der Waals surface area contributed by atoms with Crippen molar-refractivity contribution in [3.05, 3.63) is 29.1 Å². The van der Waals surface area contributed by atoms with Crippen molar-refractivity contribution in [2.75, 3.05) is 0 Å². The van der Waals surface area contributed by atoms with Crippen LogP contribution in [0.5, 0.6) is 0 Å². The first kappa shape index (κ1) is 10.5. The van der Waals surface area contributed by atoms with Gasteiger partial charge in [0.15, 0.2) is 0 Å². The van der Waals surface area contributed by atoms with E-state index in [0.29, 0.717) is 10.9 Å². The third kappa shape index (κ3) is 2.22. The second-order valence-electron chi connectivity index (χ2n) is 2.46. The summed E-state index contributed by atoms with van der Waals surface area (Å²) in [5.41, 5.74) is 0.489. The number of rotatable bonds is 3. The van der Waals surface area contributed by atoms with Gasteiger partial charge in [-0.25, -0.2) is 8.78 Å². The molecule has 13 heavy (non-hydrogen) atoms. The summed E-state index contributed by atoms with van der Waals surface area (Å²) in [6, 6.07) is 0. The number of hydrogen-bond donors (Lipinski definition) is 1. The molecule has 5 heteroatoms. The van der Waals surface area contributed by atoms with E-state index >= 15 is 0 Å². The highest BCUT2D eigenvalue weighted by atomic mass is 79.9. The van der Waals surface area contributed by atoms with Gasteiger partial charge in [0.1, 0.15) is 0 Å². The molecule has 0 spiro atoms. The second kappa shape index (κ2) is 4.62. The average Bonchev–Trinajstić information content (AvgIpc) is 2.16. The van der Waals surface area contributed by atoms with Gasteiger partial charge in [-0.3, -0.25) is 4.98 Å². The van der Waals surface area contributed by atoms with Gasteiger partial charge in [-0.15, -0.1) is 0 Å². The lowest BCUT2D eigenvalue weighted by atomic mass is 10.1. The van der Waals surface area contributed by atoms with Crippen LogP contribution in [0.1, 0.15) is 23.1 Å². The van der Waals surface area contributed by atoms with Gasteiger partial charge in [-0.2, -0.15) is 0 Å². The van der Waals surface area contributed by atoms with Gasteiger partial charge in [0.05, 0.1) is 6.61 Å². The van der Waals surface area contributed by atoms with Crippen molar-refractivity contribution < 1.29 is 13.9 Å². The molecule has 1 heterocycles. The van der Waals surface area contributed by atoms with E-state index < -0.39 is 13.0 Å². The summed E-state index contributed by atoms with van der Waals surface area (Å²) in [5.74, 6) is 0. The van der Waals surface area contributed by atoms with E-state index in [1.54, 1.807) is 0 Å². The Kier molecular flexibility index (Phi) is 3.74. The Morgan fingerprint density at radius 3 is 2.46 bits per heavy atom. The maximum Gasteiger partial charge on any atom is 0.264 e. The molecule has 0 fully saturated rings. The van der Waals surface area contributed by atoms with Crippen LogP contribution in [0.15, 0.2) is 12.4 Å². The van der Waals surface area contributed by atoms with Crippen LogP contribution < -0.4 is 0 Å². The number of nitrogens with zero attached hydrogens (tertiary/aromatic N) is 1. The van der Waals surface area contributed by atoms with Crippen LogP contribution >= 0.6 is 15.9 Å². The van der Waals surface area contributed by atoms with E-state index in [0.717, 1.165) is 0 Å². The zero-order chi connectivity index (χ0) is 9.84. The first-order chi connectivity index (χ1) is 6.20. The number of aliphatic hydroxyl groups is 1. The fourth-order valence-electron chi connectivity index (χ4n) is 1.08. The van der Waals surface area contributed by atoms with E-state index in [1.807, 2.05) is 0 Å². The maximum atomic E-state index is 12.5. The summed E-state index contributed by atoms with van der Waals surface area (Å²) >= 11 is 3.09. The van der Waals surface area contributed by atoms with Crippen LogP contribution in [-0.4, -0.2) is 10.1 Å². The molecule has 0 aromatic carbocycles. The lowest BCUT2D eigenvalue weighted by Crippen LogP contribution is -2.00. The lowest BCUT2D eigenvalue weighted by Gasteiger charge is -2.09. The molecule has 0 aliphatic heterocycles. The van der Waals surface area contributed by atoms with Crippen molar-refractivity contribution >= 4 is 15.9 Å². The molecule has 1 aromatic heterocycles. The molecule has 0 aliphatic rings. The van der Waals surface area contributed by atoms with Crippen molar-refractivity contribution in [2.45, 2.75) is 18.4 Å². The molecule has 0 saturated heterocycles. The molecule has 0 amide bonds. The number of hydrogen-bond acceptors (Lipinski definition) is 2. The Labute approximate surface area is 82.7 Å². The molecule has 0 bridgehead atoms. The summed E-state index contributed by atoms with van der Waals surface area (Å²) in [5, 5.41) is 9.11. The van der Waals surface area contributed by atoms with E-state index in [-0.39, 0.29) is 11.1 Å². The summed E-state index contributed by atoms with van der Waals surface area (Å²) in [7, 11) is 0. The van der Waals surface area contributed by atoms with Crippen molar-refractivity contribution in [1.29, 1.82) is 0 Å². The Morgan fingerprint density at radius 2 is 2.00 bits per heavy atom. The SMILES string of the molecule is OCc1cncc(CBr)c1C(F)F. The number of aliphatic hydroxyl groups excluding tert-OH is 1. The van der Waals surface area contributed by atoms with Gasteiger partial charge < -0.3 is 5.11 Å². The van der Waals surface area contributed by atoms with Gasteiger partial charge >= 0.3 is 0 Å². The maximum absolute atomic E-state index is 12.5. The molecule has 0 atom stereocenters. The average molecular weight is 252 g/mol. The van der Waals surface area contributed by atoms with Crippen molar-refractivity contribution in [3.8, 4) is 0 Å². The number of halogens is 3. The van der Waals surface area contributed by atoms with E-state index in [2.05, 4.69) is 20.9 Å². The van der Waals surface area contributed by atoms with Crippen molar-refractivity contribution in [1.82, 2.24) is 4.98 Å². The van der Waals surface area contributed by atoms with Crippen molar-refractivity contribution in [2.24, 2.45) is 0 Å². The predicted octanol–water partition coefficient (Wildman–Crippen LogP) is 2.41. The summed E-state index contributed by atoms with van der Waals surface area (Å²) < 4.78 is 25.0. The van der Waals surface area contributed by atoms with E-state index in [4.69, 9.17) is 5.11 Å². The normalized spacial score (nSPS) is 10.8. The van der Waals surface area contributed by atoms with Crippen LogP contribution in [0, 0.1) is 0 Å². The van der Waals surface area contributed by atoms with E-state index in [9.17, 15) is 8.78 Å². The summed E-state index contributed by atoms with van der Waals surface area (Å²) in [6.45, 7) is -0.409. The molecular weight excluding hydrogens is 244 g/mol. The van der Waals surface area contributed by atoms with Gasteiger partial charge in [0.25, 0.3) is 6.43 Å². The highest BCUT2D eigenvalue weighted by molar-refractivity contribution is 9.08. The fourth-order valence-corrected chi connectivity index (χ4v) is 1.52. The molecular formula is C8H8BrF2NO. The second-order valence-corrected chi connectivity index (χ2v) is 3.02. The molecule has 0 radical (unpaired) electrons. The Morgan fingerprint density at radius 1 is 1.38 bits per heavy atom.